The molecule has 4 rings (SSSR count). The predicted molar refractivity (Wildman–Crippen MR) is 121 cm³/mol. The molecule has 2 aliphatic rings. The predicted octanol–water partition coefficient (Wildman–Crippen LogP) is 4.75. The molecular formula is C26H30N2O2. The van der Waals surface area contributed by atoms with Gasteiger partial charge in [-0.2, -0.15) is 0 Å². The first-order valence-electron chi connectivity index (χ1n) is 10.9. The van der Waals surface area contributed by atoms with Crippen molar-refractivity contribution in [2.45, 2.75) is 25.3 Å². The average molecular weight is 403 g/mol. The number of nitrogens with zero attached hydrogens (tertiary/aromatic N) is 2. The van der Waals surface area contributed by atoms with Gasteiger partial charge in [-0.05, 0) is 49.2 Å². The molecular weight excluding hydrogens is 372 g/mol. The van der Waals surface area contributed by atoms with E-state index in [0.29, 0.717) is 6.61 Å². The number of rotatable bonds is 6. The number of ether oxygens (including phenoxy) is 1. The summed E-state index contributed by atoms with van der Waals surface area (Å²) in [5.74, 6) is 1.07. The molecule has 0 N–H and O–H groups in total. The third kappa shape index (κ3) is 4.82. The Bertz CT molecular complexity index is 920. The fourth-order valence-electron chi connectivity index (χ4n) is 4.23. The Morgan fingerprint density at radius 3 is 2.63 bits per heavy atom. The van der Waals surface area contributed by atoms with Crippen molar-refractivity contribution < 1.29 is 9.53 Å². The molecule has 0 spiro atoms. The van der Waals surface area contributed by atoms with E-state index in [1.807, 2.05) is 42.5 Å². The molecule has 0 saturated carbocycles. The number of amides is 1. The first-order chi connectivity index (χ1) is 14.7. The van der Waals surface area contributed by atoms with Gasteiger partial charge in [0, 0.05) is 37.7 Å². The second-order valence-electron chi connectivity index (χ2n) is 8.05. The quantitative estimate of drug-likeness (QED) is 0.699. The van der Waals surface area contributed by atoms with Crippen molar-refractivity contribution >= 4 is 5.91 Å². The van der Waals surface area contributed by atoms with Crippen molar-refractivity contribution in [3.8, 4) is 11.1 Å². The standard InChI is InChI=1S/C26H30N2O2/c1-27-17-18-28(22(20-27)16-19-30-23-12-6-3-7-13-23)26(29)25-15-9-8-14-24(25)21-10-4-2-5-11-21/h2,4-6,8-15,22H,3,7,16-20H2,1H3. The second kappa shape index (κ2) is 9.77. The highest BCUT2D eigenvalue weighted by molar-refractivity contribution is 6.01. The van der Waals surface area contributed by atoms with Gasteiger partial charge in [0.15, 0.2) is 0 Å². The van der Waals surface area contributed by atoms with E-state index >= 15 is 0 Å². The number of hydrogen-bond donors (Lipinski definition) is 0. The lowest BCUT2D eigenvalue weighted by atomic mass is 9.97. The van der Waals surface area contributed by atoms with Gasteiger partial charge in [0.25, 0.3) is 5.91 Å². The summed E-state index contributed by atoms with van der Waals surface area (Å²) in [4.78, 5) is 18.0. The SMILES string of the molecule is CN1CCN(C(=O)c2ccccc2-c2ccccc2)C(CCOC2=CCCC=C2)C1. The molecule has 1 aliphatic heterocycles. The van der Waals surface area contributed by atoms with Crippen LogP contribution in [0.4, 0.5) is 0 Å². The molecule has 156 valence electrons. The Morgan fingerprint density at radius 2 is 1.83 bits per heavy atom. The molecule has 4 heteroatoms. The number of hydrogen-bond acceptors (Lipinski definition) is 3. The average Bonchev–Trinajstić information content (AvgIpc) is 2.80. The van der Waals surface area contributed by atoms with Crippen LogP contribution in [0.2, 0.25) is 0 Å². The molecule has 4 nitrogen and oxygen atoms in total. The van der Waals surface area contributed by atoms with Gasteiger partial charge < -0.3 is 14.5 Å². The van der Waals surface area contributed by atoms with Crippen LogP contribution in [0, 0.1) is 0 Å². The fourth-order valence-corrected chi connectivity index (χ4v) is 4.23. The normalized spacial score (nSPS) is 19.4. The number of allylic oxidation sites excluding steroid dienone is 3. The first kappa shape index (κ1) is 20.4. The van der Waals surface area contributed by atoms with Crippen LogP contribution in [0.3, 0.4) is 0 Å². The van der Waals surface area contributed by atoms with Crippen molar-refractivity contribution in [3.63, 3.8) is 0 Å². The maximum Gasteiger partial charge on any atom is 0.254 e. The minimum atomic E-state index is 0.115. The molecule has 0 aromatic heterocycles. The number of carbonyl (C=O) groups excluding carboxylic acids is 1. The molecule has 1 amide bonds. The summed E-state index contributed by atoms with van der Waals surface area (Å²) in [5.41, 5.74) is 2.85. The fraction of sp³-hybridized carbons (Fsp3) is 0.346. The maximum atomic E-state index is 13.6. The largest absolute Gasteiger partial charge is 0.494 e. The van der Waals surface area contributed by atoms with Gasteiger partial charge >= 0.3 is 0 Å². The first-order valence-corrected chi connectivity index (χ1v) is 10.9. The van der Waals surface area contributed by atoms with Crippen molar-refractivity contribution in [2.75, 3.05) is 33.3 Å². The van der Waals surface area contributed by atoms with Gasteiger partial charge in [0.1, 0.15) is 5.76 Å². The number of carbonyl (C=O) groups is 1. The molecule has 1 heterocycles. The van der Waals surface area contributed by atoms with Gasteiger partial charge in [0.05, 0.1) is 6.61 Å². The van der Waals surface area contributed by atoms with Crippen LogP contribution in [-0.2, 0) is 4.74 Å². The summed E-state index contributed by atoms with van der Waals surface area (Å²) in [6.07, 6.45) is 9.30. The van der Waals surface area contributed by atoms with Gasteiger partial charge in [0.2, 0.25) is 0 Å². The molecule has 1 atom stereocenters. The highest BCUT2D eigenvalue weighted by Crippen LogP contribution is 2.26. The van der Waals surface area contributed by atoms with Crippen LogP contribution in [0.25, 0.3) is 11.1 Å². The van der Waals surface area contributed by atoms with Crippen LogP contribution in [0.1, 0.15) is 29.6 Å². The number of likely N-dealkylation sites (N-methyl/N-ethyl adjacent to an activating group) is 1. The van der Waals surface area contributed by atoms with Crippen molar-refractivity contribution in [2.24, 2.45) is 0 Å². The summed E-state index contributed by atoms with van der Waals surface area (Å²) in [6, 6.07) is 18.2. The van der Waals surface area contributed by atoms with E-state index in [2.05, 4.69) is 47.2 Å². The van der Waals surface area contributed by atoms with E-state index in [0.717, 1.165) is 61.3 Å². The molecule has 0 bridgehead atoms. The minimum Gasteiger partial charge on any atom is -0.494 e. The third-order valence-corrected chi connectivity index (χ3v) is 5.87. The Hall–Kier alpha value is -2.85. The van der Waals surface area contributed by atoms with E-state index < -0.39 is 0 Å². The lowest BCUT2D eigenvalue weighted by molar-refractivity contribution is 0.0434. The second-order valence-corrected chi connectivity index (χ2v) is 8.05. The molecule has 2 aromatic carbocycles. The summed E-state index contributed by atoms with van der Waals surface area (Å²) in [6.45, 7) is 3.13. The number of benzene rings is 2. The molecule has 1 fully saturated rings. The van der Waals surface area contributed by atoms with E-state index in [1.165, 1.54) is 0 Å². The Kier molecular flexibility index (Phi) is 6.65. The summed E-state index contributed by atoms with van der Waals surface area (Å²) >= 11 is 0. The van der Waals surface area contributed by atoms with Gasteiger partial charge in [-0.3, -0.25) is 4.79 Å². The molecule has 1 aliphatic carbocycles. The van der Waals surface area contributed by atoms with Crippen LogP contribution in [-0.4, -0.2) is 55.0 Å². The molecule has 1 saturated heterocycles. The lowest BCUT2D eigenvalue weighted by Gasteiger charge is -2.40. The monoisotopic (exact) mass is 402 g/mol. The highest BCUT2D eigenvalue weighted by atomic mass is 16.5. The Balaban J connectivity index is 1.50. The third-order valence-electron chi connectivity index (χ3n) is 5.87. The molecule has 30 heavy (non-hydrogen) atoms. The molecule has 0 radical (unpaired) electrons. The van der Waals surface area contributed by atoms with E-state index in [4.69, 9.17) is 4.74 Å². The highest BCUT2D eigenvalue weighted by Gasteiger charge is 2.30. The van der Waals surface area contributed by atoms with E-state index in [-0.39, 0.29) is 11.9 Å². The van der Waals surface area contributed by atoms with Crippen molar-refractivity contribution in [1.82, 2.24) is 9.80 Å². The van der Waals surface area contributed by atoms with Crippen LogP contribution < -0.4 is 0 Å². The van der Waals surface area contributed by atoms with Gasteiger partial charge in [-0.25, -0.2) is 0 Å². The van der Waals surface area contributed by atoms with Gasteiger partial charge in [-0.15, -0.1) is 0 Å². The van der Waals surface area contributed by atoms with Crippen LogP contribution in [0.5, 0.6) is 0 Å². The van der Waals surface area contributed by atoms with Crippen molar-refractivity contribution in [1.29, 1.82) is 0 Å². The van der Waals surface area contributed by atoms with Gasteiger partial charge in [-0.1, -0.05) is 54.6 Å². The summed E-state index contributed by atoms with van der Waals surface area (Å²) in [5, 5.41) is 0. The minimum absolute atomic E-state index is 0.115. The van der Waals surface area contributed by atoms with E-state index in [9.17, 15) is 4.79 Å². The molecule has 2 aromatic rings. The zero-order valence-corrected chi connectivity index (χ0v) is 17.7. The summed E-state index contributed by atoms with van der Waals surface area (Å²) in [7, 11) is 2.12. The molecule has 1 unspecified atom stereocenters. The van der Waals surface area contributed by atoms with E-state index in [1.54, 1.807) is 0 Å². The zero-order chi connectivity index (χ0) is 20.8. The van der Waals surface area contributed by atoms with Crippen LogP contribution >= 0.6 is 0 Å². The smallest absolute Gasteiger partial charge is 0.254 e. The van der Waals surface area contributed by atoms with Crippen LogP contribution in [0.15, 0.2) is 78.6 Å². The topological polar surface area (TPSA) is 32.8 Å². The Morgan fingerprint density at radius 1 is 1.03 bits per heavy atom. The Labute approximate surface area is 179 Å². The lowest BCUT2D eigenvalue weighted by Crippen LogP contribution is -2.54. The maximum absolute atomic E-state index is 13.6. The van der Waals surface area contributed by atoms with Crippen molar-refractivity contribution in [3.05, 3.63) is 84.1 Å². The number of piperazine rings is 1. The summed E-state index contributed by atoms with van der Waals surface area (Å²) < 4.78 is 5.97. The zero-order valence-electron chi connectivity index (χ0n) is 17.7.